The van der Waals surface area contributed by atoms with Crippen molar-refractivity contribution in [2.75, 3.05) is 7.05 Å². The summed E-state index contributed by atoms with van der Waals surface area (Å²) in [6.45, 7) is 1.95. The van der Waals surface area contributed by atoms with Crippen LogP contribution in [0.15, 0.2) is 30.5 Å². The van der Waals surface area contributed by atoms with Crippen molar-refractivity contribution in [1.29, 1.82) is 0 Å². The summed E-state index contributed by atoms with van der Waals surface area (Å²) in [5, 5.41) is 10.5. The van der Waals surface area contributed by atoms with Crippen molar-refractivity contribution < 1.29 is 4.79 Å². The maximum absolute atomic E-state index is 12.1. The van der Waals surface area contributed by atoms with Crippen molar-refractivity contribution in [3.8, 4) is 0 Å². The molecule has 94 valence electrons. The summed E-state index contributed by atoms with van der Waals surface area (Å²) in [7, 11) is 1.73. The molecule has 2 rings (SSSR count). The van der Waals surface area contributed by atoms with E-state index in [9.17, 15) is 4.79 Å². The number of rotatable bonds is 3. The lowest BCUT2D eigenvalue weighted by atomic mass is 10.1. The minimum atomic E-state index is -0.175. The second-order valence-electron chi connectivity index (χ2n) is 4.00. The Morgan fingerprint density at radius 3 is 2.61 bits per heavy atom. The Hall–Kier alpha value is -1.88. The van der Waals surface area contributed by atoms with Gasteiger partial charge < -0.3 is 4.90 Å². The van der Waals surface area contributed by atoms with Crippen molar-refractivity contribution >= 4 is 17.5 Å². The van der Waals surface area contributed by atoms with Crippen molar-refractivity contribution in [3.63, 3.8) is 0 Å². The van der Waals surface area contributed by atoms with Crippen LogP contribution in [-0.2, 0) is 0 Å². The lowest BCUT2D eigenvalue weighted by Gasteiger charge is -2.24. The molecule has 18 heavy (non-hydrogen) atoms. The van der Waals surface area contributed by atoms with E-state index in [0.29, 0.717) is 10.7 Å². The average Bonchev–Trinajstić information content (AvgIpc) is 2.91. The van der Waals surface area contributed by atoms with Crippen LogP contribution in [-0.4, -0.2) is 33.3 Å². The minimum absolute atomic E-state index is 0.0635. The third kappa shape index (κ3) is 2.51. The number of hydrogen-bond acceptors (Lipinski definition) is 3. The highest BCUT2D eigenvalue weighted by atomic mass is 35.5. The van der Waals surface area contributed by atoms with Crippen LogP contribution in [0.25, 0.3) is 0 Å². The molecule has 0 fully saturated rings. The number of nitrogens with one attached hydrogen (secondary N) is 1. The van der Waals surface area contributed by atoms with E-state index in [-0.39, 0.29) is 11.9 Å². The molecule has 1 heterocycles. The Balaban J connectivity index is 2.16. The van der Waals surface area contributed by atoms with Gasteiger partial charge in [0.05, 0.1) is 12.2 Å². The maximum atomic E-state index is 12.1. The first-order chi connectivity index (χ1) is 8.59. The Morgan fingerprint density at radius 1 is 1.39 bits per heavy atom. The third-order valence-electron chi connectivity index (χ3n) is 2.89. The van der Waals surface area contributed by atoms with Gasteiger partial charge in [0, 0.05) is 12.1 Å². The highest BCUT2D eigenvalue weighted by Crippen LogP contribution is 2.21. The fraction of sp³-hybridized carbons (Fsp3) is 0.250. The van der Waals surface area contributed by atoms with Gasteiger partial charge in [-0.3, -0.25) is 4.79 Å². The van der Waals surface area contributed by atoms with E-state index < -0.39 is 0 Å². The molecule has 0 spiro atoms. The molecule has 0 saturated carbocycles. The molecule has 0 radical (unpaired) electrons. The molecule has 5 nitrogen and oxygen atoms in total. The predicted octanol–water partition coefficient (Wildman–Crippen LogP) is 2.29. The Kier molecular flexibility index (Phi) is 3.62. The molecule has 0 saturated heterocycles. The highest BCUT2D eigenvalue weighted by Gasteiger charge is 2.20. The number of hydrogen-bond donors (Lipinski definition) is 1. The number of carbonyl (C=O) groups excluding carboxylic acids is 1. The summed E-state index contributed by atoms with van der Waals surface area (Å²) >= 11 is 5.84. The van der Waals surface area contributed by atoms with Crippen LogP contribution in [0, 0.1) is 0 Å². The van der Waals surface area contributed by atoms with E-state index in [0.717, 1.165) is 5.56 Å². The zero-order valence-corrected chi connectivity index (χ0v) is 10.8. The van der Waals surface area contributed by atoms with Gasteiger partial charge in [-0.05, 0) is 24.6 Å². The van der Waals surface area contributed by atoms with E-state index in [4.69, 9.17) is 11.6 Å². The van der Waals surface area contributed by atoms with Crippen molar-refractivity contribution in [2.45, 2.75) is 13.0 Å². The summed E-state index contributed by atoms with van der Waals surface area (Å²) in [5.74, 6) is -0.175. The molecule has 0 aliphatic heterocycles. The lowest BCUT2D eigenvalue weighted by Crippen LogP contribution is -2.29. The fourth-order valence-electron chi connectivity index (χ4n) is 1.63. The van der Waals surface area contributed by atoms with Crippen molar-refractivity contribution in [2.24, 2.45) is 0 Å². The quantitative estimate of drug-likeness (QED) is 0.925. The second kappa shape index (κ2) is 5.18. The number of aromatic nitrogens is 3. The number of aromatic amines is 1. The smallest absolute Gasteiger partial charge is 0.276 e. The Morgan fingerprint density at radius 2 is 2.06 bits per heavy atom. The Labute approximate surface area is 110 Å². The number of carbonyl (C=O) groups is 1. The zero-order valence-electron chi connectivity index (χ0n) is 10.1. The first-order valence-electron chi connectivity index (χ1n) is 5.48. The number of nitrogens with zero attached hydrogens (tertiary/aromatic N) is 3. The van der Waals surface area contributed by atoms with Gasteiger partial charge in [-0.1, -0.05) is 23.7 Å². The third-order valence-corrected chi connectivity index (χ3v) is 3.14. The van der Waals surface area contributed by atoms with Gasteiger partial charge in [-0.15, -0.1) is 0 Å². The molecule has 2 aromatic rings. The maximum Gasteiger partial charge on any atom is 0.276 e. The first kappa shape index (κ1) is 12.6. The van der Waals surface area contributed by atoms with Crippen LogP contribution >= 0.6 is 11.6 Å². The van der Waals surface area contributed by atoms with Crippen molar-refractivity contribution in [3.05, 3.63) is 46.7 Å². The summed E-state index contributed by atoms with van der Waals surface area (Å²) in [4.78, 5) is 13.7. The average molecular weight is 265 g/mol. The molecule has 1 aromatic heterocycles. The van der Waals surface area contributed by atoms with E-state index in [1.807, 2.05) is 31.2 Å². The lowest BCUT2D eigenvalue weighted by molar-refractivity contribution is 0.0736. The van der Waals surface area contributed by atoms with Gasteiger partial charge in [0.1, 0.15) is 0 Å². The van der Waals surface area contributed by atoms with Gasteiger partial charge in [-0.25, -0.2) is 0 Å². The summed E-state index contributed by atoms with van der Waals surface area (Å²) < 4.78 is 0. The molecule has 0 bridgehead atoms. The normalized spacial score (nSPS) is 12.2. The minimum Gasteiger partial charge on any atom is -0.334 e. The summed E-state index contributed by atoms with van der Waals surface area (Å²) in [6.07, 6.45) is 1.41. The zero-order chi connectivity index (χ0) is 13.1. The second-order valence-corrected chi connectivity index (χ2v) is 4.44. The van der Waals surface area contributed by atoms with Gasteiger partial charge in [0.15, 0.2) is 5.69 Å². The number of halogens is 1. The van der Waals surface area contributed by atoms with Gasteiger partial charge >= 0.3 is 0 Å². The van der Waals surface area contributed by atoms with E-state index >= 15 is 0 Å². The standard InChI is InChI=1S/C12H13ClN4O/c1-8(9-3-5-10(13)6-4-9)17(2)12(18)11-7-14-16-15-11/h3-8H,1-2H3,(H,14,15,16). The predicted molar refractivity (Wildman–Crippen MR) is 68.3 cm³/mol. The van der Waals surface area contributed by atoms with Gasteiger partial charge in [0.25, 0.3) is 5.91 Å². The molecule has 1 aromatic carbocycles. The SMILES string of the molecule is CC(c1ccc(Cl)cc1)N(C)C(=O)c1cn[nH]n1. The van der Waals surface area contributed by atoms with Crippen LogP contribution in [0.4, 0.5) is 0 Å². The molecular formula is C12H13ClN4O. The first-order valence-corrected chi connectivity index (χ1v) is 5.86. The molecule has 1 unspecified atom stereocenters. The summed E-state index contributed by atoms with van der Waals surface area (Å²) in [6, 6.07) is 7.36. The van der Waals surface area contributed by atoms with Crippen LogP contribution in [0.5, 0.6) is 0 Å². The van der Waals surface area contributed by atoms with E-state index in [1.165, 1.54) is 6.20 Å². The highest BCUT2D eigenvalue weighted by molar-refractivity contribution is 6.30. The molecule has 0 aliphatic carbocycles. The number of amides is 1. The van der Waals surface area contributed by atoms with E-state index in [2.05, 4.69) is 15.4 Å². The van der Waals surface area contributed by atoms with Crippen molar-refractivity contribution in [1.82, 2.24) is 20.3 Å². The van der Waals surface area contributed by atoms with Crippen LogP contribution in [0.3, 0.4) is 0 Å². The monoisotopic (exact) mass is 264 g/mol. The van der Waals surface area contributed by atoms with Gasteiger partial charge in [0.2, 0.25) is 0 Å². The largest absolute Gasteiger partial charge is 0.334 e. The topological polar surface area (TPSA) is 61.9 Å². The van der Waals surface area contributed by atoms with Crippen LogP contribution in [0.2, 0.25) is 5.02 Å². The molecule has 1 N–H and O–H groups in total. The molecule has 0 aliphatic rings. The van der Waals surface area contributed by atoms with Crippen LogP contribution < -0.4 is 0 Å². The summed E-state index contributed by atoms with van der Waals surface area (Å²) in [5.41, 5.74) is 1.32. The fourth-order valence-corrected chi connectivity index (χ4v) is 1.75. The Bertz CT molecular complexity index is 524. The number of H-pyrrole nitrogens is 1. The van der Waals surface area contributed by atoms with Crippen LogP contribution in [0.1, 0.15) is 29.0 Å². The number of benzene rings is 1. The molecule has 1 atom stereocenters. The van der Waals surface area contributed by atoms with E-state index in [1.54, 1.807) is 11.9 Å². The molecule has 1 amide bonds. The molecular weight excluding hydrogens is 252 g/mol. The van der Waals surface area contributed by atoms with Gasteiger partial charge in [-0.2, -0.15) is 15.4 Å². The molecule has 6 heteroatoms.